The van der Waals surface area contributed by atoms with E-state index in [4.69, 9.17) is 0 Å². The normalized spacial score (nSPS) is 23.4. The van der Waals surface area contributed by atoms with Crippen LogP contribution in [0.25, 0.3) is 10.2 Å². The van der Waals surface area contributed by atoms with E-state index in [1.807, 2.05) is 19.1 Å². The summed E-state index contributed by atoms with van der Waals surface area (Å²) in [5.74, 6) is 1.79. The molecule has 2 aliphatic rings. The van der Waals surface area contributed by atoms with Crippen LogP contribution in [0.1, 0.15) is 48.3 Å². The number of rotatable bonds is 4. The number of nitrogens with one attached hydrogen (secondary N) is 1. The molecule has 2 fully saturated rings. The highest BCUT2D eigenvalue weighted by atomic mass is 32.1. The van der Waals surface area contributed by atoms with E-state index in [0.29, 0.717) is 30.6 Å². The first kappa shape index (κ1) is 23.0. The summed E-state index contributed by atoms with van der Waals surface area (Å²) >= 11 is 1.45. The van der Waals surface area contributed by atoms with Crippen LogP contribution in [0.5, 0.6) is 0 Å². The molecule has 5 rings (SSSR count). The summed E-state index contributed by atoms with van der Waals surface area (Å²) < 4.78 is 14.2. The molecule has 8 heteroatoms. The third kappa shape index (κ3) is 4.24. The number of carbonyl (C=O) groups excluding carboxylic acids is 1. The van der Waals surface area contributed by atoms with Crippen LogP contribution in [-0.2, 0) is 0 Å². The fraction of sp³-hybridized carbons (Fsp3) is 0.500. The maximum absolute atomic E-state index is 14.2. The van der Waals surface area contributed by atoms with Crippen LogP contribution >= 0.6 is 11.3 Å². The van der Waals surface area contributed by atoms with Crippen LogP contribution in [0.3, 0.4) is 0 Å². The van der Waals surface area contributed by atoms with Gasteiger partial charge in [0.2, 0.25) is 0 Å². The van der Waals surface area contributed by atoms with Gasteiger partial charge in [-0.1, -0.05) is 38.8 Å². The van der Waals surface area contributed by atoms with Crippen LogP contribution in [0.4, 0.5) is 15.9 Å². The molecule has 3 aromatic rings. The van der Waals surface area contributed by atoms with Gasteiger partial charge in [-0.15, -0.1) is 11.3 Å². The topological polar surface area (TPSA) is 61.4 Å². The largest absolute Gasteiger partial charge is 0.366 e. The van der Waals surface area contributed by atoms with E-state index in [9.17, 15) is 9.18 Å². The number of amides is 1. The van der Waals surface area contributed by atoms with Gasteiger partial charge in [-0.3, -0.25) is 4.79 Å². The molecule has 1 saturated carbocycles. The SMILES string of the molecule is Cc1c(C(=O)NC2CCCC(C)C2C)sc2ncnc(N3CCN(c4ccccc4F)CC3)c12. The van der Waals surface area contributed by atoms with E-state index >= 15 is 0 Å². The molecule has 3 unspecified atom stereocenters. The van der Waals surface area contributed by atoms with Crippen molar-refractivity contribution in [2.75, 3.05) is 36.0 Å². The van der Waals surface area contributed by atoms with Crippen molar-refractivity contribution in [1.29, 1.82) is 0 Å². The highest BCUT2D eigenvalue weighted by Crippen LogP contribution is 2.36. The number of para-hydroxylation sites is 1. The van der Waals surface area contributed by atoms with Crippen molar-refractivity contribution in [3.8, 4) is 0 Å². The van der Waals surface area contributed by atoms with Gasteiger partial charge in [-0.25, -0.2) is 14.4 Å². The third-order valence-corrected chi connectivity index (χ3v) is 8.91. The number of hydrogen-bond donors (Lipinski definition) is 1. The van der Waals surface area contributed by atoms with Gasteiger partial charge < -0.3 is 15.1 Å². The number of benzene rings is 1. The number of hydrogen-bond acceptors (Lipinski definition) is 6. The van der Waals surface area contributed by atoms with Crippen LogP contribution in [0.15, 0.2) is 30.6 Å². The van der Waals surface area contributed by atoms with Gasteiger partial charge >= 0.3 is 0 Å². The molecule has 3 heterocycles. The number of carbonyl (C=O) groups is 1. The first-order valence-corrected chi connectivity index (χ1v) is 13.0. The Bertz CT molecular complexity index is 1190. The monoisotopic (exact) mass is 481 g/mol. The van der Waals surface area contributed by atoms with Gasteiger partial charge in [0, 0.05) is 32.2 Å². The lowest BCUT2D eigenvalue weighted by molar-refractivity contribution is 0.0894. The Morgan fingerprint density at radius 2 is 1.82 bits per heavy atom. The van der Waals surface area contributed by atoms with Crippen molar-refractivity contribution < 1.29 is 9.18 Å². The lowest BCUT2D eigenvalue weighted by atomic mass is 9.78. The zero-order valence-electron chi connectivity index (χ0n) is 20.1. The first-order chi connectivity index (χ1) is 16.4. The lowest BCUT2D eigenvalue weighted by Crippen LogP contribution is -2.47. The molecule has 1 aromatic carbocycles. The fourth-order valence-corrected chi connectivity index (χ4v) is 6.44. The molecular formula is C26H32FN5OS. The van der Waals surface area contributed by atoms with Gasteiger partial charge in [0.15, 0.2) is 0 Å². The summed E-state index contributed by atoms with van der Waals surface area (Å²) in [6, 6.07) is 7.14. The van der Waals surface area contributed by atoms with Crippen LogP contribution < -0.4 is 15.1 Å². The van der Waals surface area contributed by atoms with Gasteiger partial charge in [-0.2, -0.15) is 0 Å². The van der Waals surface area contributed by atoms with Gasteiger partial charge in [0.05, 0.1) is 16.0 Å². The fourth-order valence-electron chi connectivity index (χ4n) is 5.40. The zero-order valence-corrected chi connectivity index (χ0v) is 20.9. The number of nitrogens with zero attached hydrogens (tertiary/aromatic N) is 4. The summed E-state index contributed by atoms with van der Waals surface area (Å²) in [5.41, 5.74) is 1.59. The molecule has 0 radical (unpaired) electrons. The highest BCUT2D eigenvalue weighted by molar-refractivity contribution is 7.20. The lowest BCUT2D eigenvalue weighted by Gasteiger charge is -2.37. The quantitative estimate of drug-likeness (QED) is 0.567. The number of aryl methyl sites for hydroxylation is 1. The number of thiophene rings is 1. The van der Waals surface area contributed by atoms with Gasteiger partial charge in [-0.05, 0) is 42.9 Å². The average molecular weight is 482 g/mol. The predicted molar refractivity (Wildman–Crippen MR) is 136 cm³/mol. The van der Waals surface area contributed by atoms with Crippen molar-refractivity contribution in [2.45, 2.75) is 46.1 Å². The first-order valence-electron chi connectivity index (χ1n) is 12.2. The number of aromatic nitrogens is 2. The van der Waals surface area contributed by atoms with Crippen molar-refractivity contribution >= 4 is 39.0 Å². The van der Waals surface area contributed by atoms with E-state index in [0.717, 1.165) is 52.4 Å². The standard InChI is InChI=1S/C26H32FN5OS/c1-16-7-6-9-20(17(16)2)30-25(33)23-18(3)22-24(28-15-29-26(22)34-23)32-13-11-31(12-14-32)21-10-5-4-8-19(21)27/h4-5,8,10,15-17,20H,6-7,9,11-14H2,1-3H3,(H,30,33). The molecule has 1 N–H and O–H groups in total. The van der Waals surface area contributed by atoms with Crippen LogP contribution in [0, 0.1) is 24.6 Å². The molecule has 0 spiro atoms. The summed E-state index contributed by atoms with van der Waals surface area (Å²) in [7, 11) is 0. The Kier molecular flexibility index (Phi) is 6.42. The second-order valence-corrected chi connectivity index (χ2v) is 10.7. The molecule has 1 amide bonds. The average Bonchev–Trinajstić information content (AvgIpc) is 3.19. The number of halogens is 1. The Morgan fingerprint density at radius 3 is 2.59 bits per heavy atom. The number of fused-ring (bicyclic) bond motifs is 1. The molecule has 180 valence electrons. The molecule has 2 aromatic heterocycles. The second kappa shape index (κ2) is 9.49. The molecule has 3 atom stereocenters. The van der Waals surface area contributed by atoms with E-state index in [1.54, 1.807) is 12.4 Å². The molecule has 0 bridgehead atoms. The van der Waals surface area contributed by atoms with Gasteiger partial charge in [0.25, 0.3) is 5.91 Å². The van der Waals surface area contributed by atoms with Crippen LogP contribution in [-0.4, -0.2) is 48.1 Å². The molecular weight excluding hydrogens is 449 g/mol. The van der Waals surface area contributed by atoms with Crippen molar-refractivity contribution in [3.63, 3.8) is 0 Å². The van der Waals surface area contributed by atoms with Gasteiger partial charge in [0.1, 0.15) is 22.8 Å². The zero-order chi connectivity index (χ0) is 23.8. The van der Waals surface area contributed by atoms with Crippen LogP contribution in [0.2, 0.25) is 0 Å². The smallest absolute Gasteiger partial charge is 0.261 e. The highest BCUT2D eigenvalue weighted by Gasteiger charge is 2.30. The maximum atomic E-state index is 14.2. The molecule has 1 aliphatic heterocycles. The van der Waals surface area contributed by atoms with E-state index in [2.05, 4.69) is 38.9 Å². The number of piperazine rings is 1. The Balaban J connectivity index is 1.36. The predicted octanol–water partition coefficient (Wildman–Crippen LogP) is 5.02. The Hall–Kier alpha value is -2.74. The summed E-state index contributed by atoms with van der Waals surface area (Å²) in [6.07, 6.45) is 5.02. The Morgan fingerprint density at radius 1 is 1.09 bits per heavy atom. The second-order valence-electron chi connectivity index (χ2n) is 9.71. The summed E-state index contributed by atoms with van der Waals surface area (Å²) in [5, 5.41) is 4.27. The van der Waals surface area contributed by atoms with E-state index < -0.39 is 0 Å². The molecule has 1 aliphatic carbocycles. The molecule has 34 heavy (non-hydrogen) atoms. The minimum absolute atomic E-state index is 0.00164. The molecule has 6 nitrogen and oxygen atoms in total. The summed E-state index contributed by atoms with van der Waals surface area (Å²) in [4.78, 5) is 28.3. The van der Waals surface area contributed by atoms with Crippen molar-refractivity contribution in [1.82, 2.24) is 15.3 Å². The third-order valence-electron chi connectivity index (χ3n) is 7.71. The Labute approximate surface area is 204 Å². The summed E-state index contributed by atoms with van der Waals surface area (Å²) in [6.45, 7) is 9.41. The van der Waals surface area contributed by atoms with Crippen molar-refractivity contribution in [3.05, 3.63) is 46.9 Å². The maximum Gasteiger partial charge on any atom is 0.261 e. The number of anilines is 2. The van der Waals surface area contributed by atoms with Crippen molar-refractivity contribution in [2.24, 2.45) is 11.8 Å². The molecule has 1 saturated heterocycles. The minimum atomic E-state index is -0.189. The minimum Gasteiger partial charge on any atom is -0.366 e. The van der Waals surface area contributed by atoms with E-state index in [1.165, 1.54) is 23.8 Å². The van der Waals surface area contributed by atoms with E-state index in [-0.39, 0.29) is 17.8 Å².